The van der Waals surface area contributed by atoms with E-state index in [1.165, 1.54) is 12.1 Å². The zero-order chi connectivity index (χ0) is 29.3. The highest BCUT2D eigenvalue weighted by molar-refractivity contribution is 7.14. The highest BCUT2D eigenvalue weighted by Crippen LogP contribution is 2.34. The SMILES string of the molecule is CCc1nc(C)n(/C=C(\C)N2CCN(C(=O)C3CCN(C(C)=O)C3)CC2)c1N(C)c1nc(-c2ccc(F)cc2)cs1. The van der Waals surface area contributed by atoms with Crippen molar-refractivity contribution in [1.82, 2.24) is 29.2 Å². The van der Waals surface area contributed by atoms with E-state index in [1.54, 1.807) is 35.3 Å². The van der Waals surface area contributed by atoms with Crippen LogP contribution in [0.2, 0.25) is 0 Å². The van der Waals surface area contributed by atoms with Gasteiger partial charge in [0.15, 0.2) is 5.13 Å². The molecule has 3 aromatic rings. The molecule has 9 nitrogen and oxygen atoms in total. The van der Waals surface area contributed by atoms with E-state index in [1.807, 2.05) is 24.3 Å². The van der Waals surface area contributed by atoms with Crippen LogP contribution in [0, 0.1) is 18.7 Å². The molecule has 5 rings (SSSR count). The van der Waals surface area contributed by atoms with Crippen molar-refractivity contribution in [3.63, 3.8) is 0 Å². The summed E-state index contributed by atoms with van der Waals surface area (Å²) in [5.74, 6) is 1.72. The standard InChI is InChI=1S/C30H38FN7O2S/c1-6-26-28(34(5)30-33-27(19-41-30)23-7-9-25(31)10-8-23)38(21(3)32-26)17-20(2)35-13-15-36(16-14-35)29(40)24-11-12-37(18-24)22(4)39/h7-10,17,19,24H,6,11-16,18H2,1-5H3/b20-17+. The number of carbonyl (C=O) groups is 2. The smallest absolute Gasteiger partial charge is 0.227 e. The molecule has 0 radical (unpaired) electrons. The number of carbonyl (C=O) groups excluding carboxylic acids is 2. The fraction of sp³-hybridized carbons (Fsp3) is 0.467. The zero-order valence-electron chi connectivity index (χ0n) is 24.4. The lowest BCUT2D eigenvalue weighted by Gasteiger charge is -2.37. The van der Waals surface area contributed by atoms with Gasteiger partial charge in [0.1, 0.15) is 17.5 Å². The van der Waals surface area contributed by atoms with Gasteiger partial charge in [-0.2, -0.15) is 0 Å². The molecule has 2 fully saturated rings. The van der Waals surface area contributed by atoms with Crippen LogP contribution in [0.25, 0.3) is 17.5 Å². The molecule has 2 aliphatic heterocycles. The molecule has 0 bridgehead atoms. The Hall–Kier alpha value is -3.73. The van der Waals surface area contributed by atoms with Crippen molar-refractivity contribution in [2.75, 3.05) is 51.2 Å². The molecule has 2 aromatic heterocycles. The van der Waals surface area contributed by atoms with Crippen molar-refractivity contribution in [2.24, 2.45) is 5.92 Å². The molecular weight excluding hydrogens is 541 g/mol. The molecule has 0 saturated carbocycles. The Balaban J connectivity index is 1.30. The van der Waals surface area contributed by atoms with Gasteiger partial charge in [-0.1, -0.05) is 6.92 Å². The predicted octanol–water partition coefficient (Wildman–Crippen LogP) is 4.62. The minimum Gasteiger partial charge on any atom is -0.370 e. The van der Waals surface area contributed by atoms with Crippen molar-refractivity contribution in [3.05, 3.63) is 52.7 Å². The number of allylic oxidation sites excluding steroid dienone is 1. The Kier molecular flexibility index (Phi) is 8.44. The van der Waals surface area contributed by atoms with E-state index in [2.05, 4.69) is 34.4 Å². The third-order valence-electron chi connectivity index (χ3n) is 8.09. The first-order valence-electron chi connectivity index (χ1n) is 14.2. The second-order valence-electron chi connectivity index (χ2n) is 10.8. The molecular formula is C30H38FN7O2S. The fourth-order valence-corrected chi connectivity index (χ4v) is 6.46. The van der Waals surface area contributed by atoms with E-state index in [0.717, 1.165) is 65.4 Å². The Morgan fingerprint density at radius 3 is 2.37 bits per heavy atom. The van der Waals surface area contributed by atoms with E-state index < -0.39 is 0 Å². The quantitative estimate of drug-likeness (QED) is 0.407. The first kappa shape index (κ1) is 28.8. The molecule has 0 aliphatic carbocycles. The average molecular weight is 580 g/mol. The number of rotatable bonds is 7. The van der Waals surface area contributed by atoms with Crippen molar-refractivity contribution in [2.45, 2.75) is 40.5 Å². The Bertz CT molecular complexity index is 1440. The third kappa shape index (κ3) is 6.00. The van der Waals surface area contributed by atoms with Gasteiger partial charge in [-0.05, 0) is 51.0 Å². The summed E-state index contributed by atoms with van der Waals surface area (Å²) >= 11 is 1.54. The first-order valence-corrected chi connectivity index (χ1v) is 15.0. The van der Waals surface area contributed by atoms with Crippen LogP contribution in [-0.2, 0) is 16.0 Å². The van der Waals surface area contributed by atoms with Crippen LogP contribution >= 0.6 is 11.3 Å². The monoisotopic (exact) mass is 579 g/mol. The lowest BCUT2D eigenvalue weighted by atomic mass is 10.1. The molecule has 1 aromatic carbocycles. The number of piperazine rings is 1. The van der Waals surface area contributed by atoms with Crippen molar-refractivity contribution < 1.29 is 14.0 Å². The van der Waals surface area contributed by atoms with Crippen molar-refractivity contribution in [1.29, 1.82) is 0 Å². The summed E-state index contributed by atoms with van der Waals surface area (Å²) in [4.78, 5) is 42.6. The highest BCUT2D eigenvalue weighted by Gasteiger charge is 2.33. The number of anilines is 2. The van der Waals surface area contributed by atoms with Gasteiger partial charge in [0.2, 0.25) is 11.8 Å². The number of halogens is 1. The van der Waals surface area contributed by atoms with Gasteiger partial charge in [-0.25, -0.2) is 14.4 Å². The summed E-state index contributed by atoms with van der Waals surface area (Å²) < 4.78 is 15.5. The number of thiazole rings is 1. The second-order valence-corrected chi connectivity index (χ2v) is 11.6. The number of likely N-dealkylation sites (tertiary alicyclic amines) is 1. The summed E-state index contributed by atoms with van der Waals surface area (Å²) in [6, 6.07) is 6.39. The van der Waals surface area contributed by atoms with Crippen molar-refractivity contribution in [3.8, 4) is 11.3 Å². The number of imidazole rings is 1. The molecule has 0 N–H and O–H groups in total. The molecule has 11 heteroatoms. The van der Waals surface area contributed by atoms with Gasteiger partial charge < -0.3 is 19.6 Å². The van der Waals surface area contributed by atoms with E-state index in [0.29, 0.717) is 26.2 Å². The summed E-state index contributed by atoms with van der Waals surface area (Å²) in [6.45, 7) is 11.8. The Morgan fingerprint density at radius 2 is 1.73 bits per heavy atom. The number of hydrogen-bond acceptors (Lipinski definition) is 7. The van der Waals surface area contributed by atoms with Gasteiger partial charge in [-0.15, -0.1) is 11.3 Å². The van der Waals surface area contributed by atoms with Crippen LogP contribution in [0.5, 0.6) is 0 Å². The number of hydrogen-bond donors (Lipinski definition) is 0. The molecule has 2 aliphatic rings. The van der Waals surface area contributed by atoms with E-state index >= 15 is 0 Å². The molecule has 41 heavy (non-hydrogen) atoms. The fourth-order valence-electron chi connectivity index (χ4n) is 5.65. The van der Waals surface area contributed by atoms with E-state index in [4.69, 9.17) is 9.97 Å². The van der Waals surface area contributed by atoms with Crippen LogP contribution < -0.4 is 4.90 Å². The highest BCUT2D eigenvalue weighted by atomic mass is 32.1. The number of amides is 2. The van der Waals surface area contributed by atoms with Gasteiger partial charge in [0.25, 0.3) is 0 Å². The maximum absolute atomic E-state index is 13.4. The van der Waals surface area contributed by atoms with Gasteiger partial charge in [-0.3, -0.25) is 14.2 Å². The average Bonchev–Trinajstić information content (AvgIpc) is 3.72. The Labute approximate surface area is 244 Å². The van der Waals surface area contributed by atoms with Gasteiger partial charge in [0, 0.05) is 76.1 Å². The van der Waals surface area contributed by atoms with Crippen LogP contribution in [-0.4, -0.2) is 87.4 Å². The molecule has 1 atom stereocenters. The van der Waals surface area contributed by atoms with Crippen LogP contribution in [0.4, 0.5) is 15.3 Å². The summed E-state index contributed by atoms with van der Waals surface area (Å²) in [6.07, 6.45) is 3.65. The van der Waals surface area contributed by atoms with Crippen LogP contribution in [0.1, 0.15) is 38.7 Å². The summed E-state index contributed by atoms with van der Waals surface area (Å²) in [7, 11) is 2.00. The molecule has 218 valence electrons. The molecule has 2 amide bonds. The number of aryl methyl sites for hydroxylation is 2. The third-order valence-corrected chi connectivity index (χ3v) is 9.01. The largest absolute Gasteiger partial charge is 0.370 e. The van der Waals surface area contributed by atoms with Gasteiger partial charge in [0.05, 0.1) is 17.3 Å². The van der Waals surface area contributed by atoms with E-state index in [9.17, 15) is 14.0 Å². The van der Waals surface area contributed by atoms with Crippen LogP contribution in [0.15, 0.2) is 35.3 Å². The predicted molar refractivity (Wildman–Crippen MR) is 160 cm³/mol. The Morgan fingerprint density at radius 1 is 1.05 bits per heavy atom. The lowest BCUT2D eigenvalue weighted by molar-refractivity contribution is -0.137. The summed E-state index contributed by atoms with van der Waals surface area (Å²) in [5.41, 5.74) is 3.77. The van der Waals surface area contributed by atoms with E-state index in [-0.39, 0.29) is 23.5 Å². The second kappa shape index (κ2) is 12.0. The number of benzene rings is 1. The molecule has 4 heterocycles. The van der Waals surface area contributed by atoms with Gasteiger partial charge >= 0.3 is 0 Å². The number of aromatic nitrogens is 3. The zero-order valence-corrected chi connectivity index (χ0v) is 25.2. The minimum atomic E-state index is -0.265. The maximum atomic E-state index is 13.4. The first-order chi connectivity index (χ1) is 19.7. The van der Waals surface area contributed by atoms with Crippen molar-refractivity contribution >= 4 is 40.3 Å². The molecule has 1 unspecified atom stereocenters. The minimum absolute atomic E-state index is 0.0418. The summed E-state index contributed by atoms with van der Waals surface area (Å²) in [5, 5.41) is 2.82. The van der Waals surface area contributed by atoms with Crippen LogP contribution in [0.3, 0.4) is 0 Å². The molecule has 2 saturated heterocycles. The maximum Gasteiger partial charge on any atom is 0.227 e. The topological polar surface area (TPSA) is 77.8 Å². The lowest BCUT2D eigenvalue weighted by Crippen LogP contribution is -2.50. The normalized spacial score (nSPS) is 17.9. The molecule has 0 spiro atoms. The number of nitrogens with zero attached hydrogens (tertiary/aromatic N) is 7.